The van der Waals surface area contributed by atoms with E-state index in [0.717, 1.165) is 11.4 Å². The molecule has 0 spiro atoms. The number of aliphatic hydroxyl groups excluding tert-OH is 1. The zero-order valence-electron chi connectivity index (χ0n) is 8.09. The summed E-state index contributed by atoms with van der Waals surface area (Å²) in [5.74, 6) is 0. The van der Waals surface area contributed by atoms with Gasteiger partial charge in [-0.3, -0.25) is 4.98 Å². The normalized spacial score (nSPS) is 12.9. The molecule has 2 N–H and O–H groups in total. The topological polar surface area (TPSA) is 45.1 Å². The Labute approximate surface area is 96.4 Å². The molecule has 0 aliphatic rings. The van der Waals surface area contributed by atoms with E-state index in [4.69, 9.17) is 0 Å². The number of aliphatic hydroxyl groups is 1. The van der Waals surface area contributed by atoms with E-state index in [1.807, 2.05) is 29.2 Å². The number of hydrogen-bond acceptors (Lipinski definition) is 5. The summed E-state index contributed by atoms with van der Waals surface area (Å²) in [5.41, 5.74) is 1.81. The van der Waals surface area contributed by atoms with Gasteiger partial charge < -0.3 is 10.4 Å². The van der Waals surface area contributed by atoms with E-state index in [2.05, 4.69) is 10.3 Å². The Morgan fingerprint density at radius 2 is 2.40 bits per heavy atom. The van der Waals surface area contributed by atoms with Gasteiger partial charge in [0.25, 0.3) is 0 Å². The van der Waals surface area contributed by atoms with Crippen LogP contribution in [0.15, 0.2) is 29.2 Å². The largest absolute Gasteiger partial charge is 0.386 e. The predicted molar refractivity (Wildman–Crippen MR) is 63.1 cm³/mol. The smallest absolute Gasteiger partial charge is 0.101 e. The zero-order valence-corrected chi connectivity index (χ0v) is 9.72. The molecule has 2 rings (SSSR count). The lowest BCUT2D eigenvalue weighted by atomic mass is 10.3. The number of aromatic nitrogens is 1. The Morgan fingerprint density at radius 3 is 3.07 bits per heavy atom. The third-order valence-corrected chi connectivity index (χ3v) is 3.75. The lowest BCUT2D eigenvalue weighted by Crippen LogP contribution is -2.19. The maximum Gasteiger partial charge on any atom is 0.101 e. The summed E-state index contributed by atoms with van der Waals surface area (Å²) in [6.07, 6.45) is 1.44. The second-order valence-electron chi connectivity index (χ2n) is 3.13. The summed E-state index contributed by atoms with van der Waals surface area (Å²) in [4.78, 5) is 6.18. The van der Waals surface area contributed by atoms with E-state index in [1.165, 1.54) is 4.88 Å². The number of nitrogens with one attached hydrogen (secondary N) is 1. The average molecular weight is 240 g/mol. The van der Waals surface area contributed by atoms with E-state index in [0.29, 0.717) is 6.54 Å². The monoisotopic (exact) mass is 240 g/mol. The fraction of sp³-hybridized carbons (Fsp3) is 0.300. The molecule has 0 amide bonds. The molecule has 2 aromatic rings. The minimum atomic E-state index is -0.405. The average Bonchev–Trinajstić information content (AvgIpc) is 2.90. The Bertz CT molecular complexity index is 372. The van der Waals surface area contributed by atoms with E-state index >= 15 is 0 Å². The van der Waals surface area contributed by atoms with Crippen LogP contribution in [0.5, 0.6) is 0 Å². The number of rotatable bonds is 5. The highest BCUT2D eigenvalue weighted by atomic mass is 32.1. The standard InChI is InChI=1S/C10H12N2OS2/c13-9(10-2-1-3-14-10)6-11-4-8-5-12-7-15-8/h1-3,5,7,9,11,13H,4,6H2. The Kier molecular flexibility index (Phi) is 3.85. The SMILES string of the molecule is OC(CNCc1cncs1)c1cccs1. The highest BCUT2D eigenvalue weighted by Gasteiger charge is 2.07. The van der Waals surface area contributed by atoms with Crippen molar-refractivity contribution in [2.24, 2.45) is 0 Å². The zero-order chi connectivity index (χ0) is 10.5. The van der Waals surface area contributed by atoms with Crippen molar-refractivity contribution in [3.8, 4) is 0 Å². The minimum Gasteiger partial charge on any atom is -0.386 e. The van der Waals surface area contributed by atoms with Crippen LogP contribution >= 0.6 is 22.7 Å². The van der Waals surface area contributed by atoms with Gasteiger partial charge >= 0.3 is 0 Å². The molecule has 0 bridgehead atoms. The highest BCUT2D eigenvalue weighted by molar-refractivity contribution is 7.10. The van der Waals surface area contributed by atoms with Crippen molar-refractivity contribution in [3.63, 3.8) is 0 Å². The van der Waals surface area contributed by atoms with Crippen molar-refractivity contribution in [2.45, 2.75) is 12.6 Å². The molecule has 0 saturated carbocycles. The third-order valence-electron chi connectivity index (χ3n) is 1.99. The van der Waals surface area contributed by atoms with Crippen LogP contribution in [0.25, 0.3) is 0 Å². The minimum absolute atomic E-state index is 0.405. The molecule has 2 aromatic heterocycles. The first kappa shape index (κ1) is 10.8. The van der Waals surface area contributed by atoms with Crippen molar-refractivity contribution in [2.75, 3.05) is 6.54 Å². The van der Waals surface area contributed by atoms with Crippen molar-refractivity contribution in [1.82, 2.24) is 10.3 Å². The van der Waals surface area contributed by atoms with Crippen LogP contribution in [0.2, 0.25) is 0 Å². The van der Waals surface area contributed by atoms with Crippen LogP contribution in [0.3, 0.4) is 0 Å². The van der Waals surface area contributed by atoms with Crippen LogP contribution in [0, 0.1) is 0 Å². The van der Waals surface area contributed by atoms with Crippen molar-refractivity contribution in [3.05, 3.63) is 39.0 Å². The molecular weight excluding hydrogens is 228 g/mol. The summed E-state index contributed by atoms with van der Waals surface area (Å²) < 4.78 is 0. The maximum absolute atomic E-state index is 9.77. The lowest BCUT2D eigenvalue weighted by molar-refractivity contribution is 0.178. The molecule has 0 aromatic carbocycles. The van der Waals surface area contributed by atoms with Crippen LogP contribution in [0.1, 0.15) is 15.9 Å². The van der Waals surface area contributed by atoms with Gasteiger partial charge in [0.1, 0.15) is 6.10 Å². The van der Waals surface area contributed by atoms with E-state index in [-0.39, 0.29) is 0 Å². The molecular formula is C10H12N2OS2. The first-order valence-electron chi connectivity index (χ1n) is 4.66. The van der Waals surface area contributed by atoms with Gasteiger partial charge in [-0.2, -0.15) is 0 Å². The van der Waals surface area contributed by atoms with Gasteiger partial charge in [-0.25, -0.2) is 0 Å². The van der Waals surface area contributed by atoms with Gasteiger partial charge in [0.15, 0.2) is 0 Å². The molecule has 1 atom stereocenters. The van der Waals surface area contributed by atoms with Crippen LogP contribution in [0.4, 0.5) is 0 Å². The number of thiophene rings is 1. The summed E-state index contributed by atoms with van der Waals surface area (Å²) in [6, 6.07) is 3.90. The van der Waals surface area contributed by atoms with Crippen LogP contribution in [-0.2, 0) is 6.54 Å². The molecule has 2 heterocycles. The molecule has 0 aliphatic carbocycles. The molecule has 80 valence electrons. The summed E-state index contributed by atoms with van der Waals surface area (Å²) in [7, 11) is 0. The fourth-order valence-corrected chi connectivity index (χ4v) is 2.52. The number of nitrogens with zero attached hydrogens (tertiary/aromatic N) is 1. The van der Waals surface area contributed by atoms with Crippen molar-refractivity contribution >= 4 is 22.7 Å². The van der Waals surface area contributed by atoms with Gasteiger partial charge in [-0.15, -0.1) is 22.7 Å². The molecule has 0 radical (unpaired) electrons. The van der Waals surface area contributed by atoms with E-state index < -0.39 is 6.10 Å². The lowest BCUT2D eigenvalue weighted by Gasteiger charge is -2.08. The van der Waals surface area contributed by atoms with Crippen LogP contribution in [-0.4, -0.2) is 16.6 Å². The number of thiazole rings is 1. The van der Waals surface area contributed by atoms with Crippen LogP contribution < -0.4 is 5.32 Å². The van der Waals surface area contributed by atoms with Crippen molar-refractivity contribution in [1.29, 1.82) is 0 Å². The third kappa shape index (κ3) is 3.10. The van der Waals surface area contributed by atoms with Gasteiger partial charge in [-0.1, -0.05) is 6.07 Å². The second-order valence-corrected chi connectivity index (χ2v) is 5.08. The summed E-state index contributed by atoms with van der Waals surface area (Å²) >= 11 is 3.20. The van der Waals surface area contributed by atoms with Gasteiger partial charge in [0, 0.05) is 29.0 Å². The predicted octanol–water partition coefficient (Wildman–Crippen LogP) is 2.03. The first-order chi connectivity index (χ1) is 7.36. The second kappa shape index (κ2) is 5.37. The molecule has 1 unspecified atom stereocenters. The van der Waals surface area contributed by atoms with Gasteiger partial charge in [0.05, 0.1) is 5.51 Å². The fourth-order valence-electron chi connectivity index (χ4n) is 1.24. The highest BCUT2D eigenvalue weighted by Crippen LogP contribution is 2.17. The van der Waals surface area contributed by atoms with Crippen molar-refractivity contribution < 1.29 is 5.11 Å². The summed E-state index contributed by atoms with van der Waals surface area (Å²) in [5, 5.41) is 15.0. The van der Waals surface area contributed by atoms with Gasteiger partial charge in [0.2, 0.25) is 0 Å². The number of hydrogen-bond donors (Lipinski definition) is 2. The summed E-state index contributed by atoms with van der Waals surface area (Å²) in [6.45, 7) is 1.35. The Hall–Kier alpha value is -0.750. The molecule has 0 saturated heterocycles. The Balaban J connectivity index is 1.74. The first-order valence-corrected chi connectivity index (χ1v) is 6.42. The molecule has 5 heteroatoms. The quantitative estimate of drug-likeness (QED) is 0.840. The molecule has 0 fully saturated rings. The molecule has 0 aliphatic heterocycles. The molecule has 3 nitrogen and oxygen atoms in total. The van der Waals surface area contributed by atoms with Gasteiger partial charge in [-0.05, 0) is 11.4 Å². The van der Waals surface area contributed by atoms with E-state index in [9.17, 15) is 5.11 Å². The maximum atomic E-state index is 9.77. The Morgan fingerprint density at radius 1 is 1.47 bits per heavy atom. The van der Waals surface area contributed by atoms with E-state index in [1.54, 1.807) is 22.7 Å². The molecule has 15 heavy (non-hydrogen) atoms.